The minimum atomic E-state index is -0.551. The molecule has 0 spiro atoms. The van der Waals surface area contributed by atoms with E-state index in [1.165, 1.54) is 18.2 Å². The van der Waals surface area contributed by atoms with Crippen LogP contribution in [0.2, 0.25) is 0 Å². The lowest BCUT2D eigenvalue weighted by Gasteiger charge is -2.35. The third-order valence-electron chi connectivity index (χ3n) is 4.96. The van der Waals surface area contributed by atoms with E-state index in [0.29, 0.717) is 24.3 Å². The number of piperidine rings is 1. The number of carbonyl (C=O) groups is 1. The molecule has 1 saturated heterocycles. The molecule has 144 valence electrons. The second kappa shape index (κ2) is 8.48. The highest BCUT2D eigenvalue weighted by atomic mass is 19.1. The molecule has 6 heteroatoms. The van der Waals surface area contributed by atoms with Gasteiger partial charge in [-0.25, -0.2) is 8.78 Å². The Morgan fingerprint density at radius 1 is 1.11 bits per heavy atom. The van der Waals surface area contributed by atoms with Gasteiger partial charge >= 0.3 is 0 Å². The maximum Gasteiger partial charge on any atom is 0.242 e. The molecule has 0 aromatic heterocycles. The van der Waals surface area contributed by atoms with Crippen molar-refractivity contribution in [2.45, 2.75) is 24.9 Å². The van der Waals surface area contributed by atoms with Crippen molar-refractivity contribution in [3.8, 4) is 0 Å². The highest BCUT2D eigenvalue weighted by Crippen LogP contribution is 2.24. The van der Waals surface area contributed by atoms with Crippen LogP contribution >= 0.6 is 0 Å². The summed E-state index contributed by atoms with van der Waals surface area (Å²) < 4.78 is 27.5. The Morgan fingerprint density at radius 3 is 2.44 bits per heavy atom. The second-order valence-corrected chi connectivity index (χ2v) is 7.14. The molecule has 1 N–H and O–H groups in total. The standard InChI is InChI=1S/C21H25F2N3O/c1-25(2)20(15-6-5-7-16(22)14-15)21(27)24-17-10-12-26(13-11-17)19-9-4-3-8-18(19)23/h3-9,14,17,20H,10-13H2,1-2H3,(H,24,27)/t20-/m1/s1. The number of nitrogens with one attached hydrogen (secondary N) is 1. The van der Waals surface area contributed by atoms with E-state index in [1.54, 1.807) is 43.3 Å². The first-order valence-electron chi connectivity index (χ1n) is 9.17. The topological polar surface area (TPSA) is 35.6 Å². The molecule has 0 aliphatic carbocycles. The van der Waals surface area contributed by atoms with Crippen molar-refractivity contribution in [2.24, 2.45) is 0 Å². The summed E-state index contributed by atoms with van der Waals surface area (Å²) in [5, 5.41) is 3.08. The Morgan fingerprint density at radius 2 is 1.81 bits per heavy atom. The van der Waals surface area contributed by atoms with Gasteiger partial charge < -0.3 is 10.2 Å². The number of amides is 1. The highest BCUT2D eigenvalue weighted by Gasteiger charge is 2.28. The Hall–Kier alpha value is -2.47. The molecular weight excluding hydrogens is 348 g/mol. The summed E-state index contributed by atoms with van der Waals surface area (Å²) in [4.78, 5) is 16.6. The largest absolute Gasteiger partial charge is 0.369 e. The van der Waals surface area contributed by atoms with Crippen LogP contribution in [0.5, 0.6) is 0 Å². The SMILES string of the molecule is CN(C)[C@@H](C(=O)NC1CCN(c2ccccc2F)CC1)c1cccc(F)c1. The quantitative estimate of drug-likeness (QED) is 0.873. The molecule has 2 aromatic rings. The first kappa shape index (κ1) is 19.3. The summed E-state index contributed by atoms with van der Waals surface area (Å²) in [6.45, 7) is 1.36. The average molecular weight is 373 g/mol. The van der Waals surface area contributed by atoms with E-state index in [2.05, 4.69) is 5.32 Å². The summed E-state index contributed by atoms with van der Waals surface area (Å²) in [5.74, 6) is -0.723. The van der Waals surface area contributed by atoms with E-state index < -0.39 is 6.04 Å². The van der Waals surface area contributed by atoms with Crippen LogP contribution < -0.4 is 10.2 Å². The molecule has 0 bridgehead atoms. The van der Waals surface area contributed by atoms with E-state index >= 15 is 0 Å². The summed E-state index contributed by atoms with van der Waals surface area (Å²) >= 11 is 0. The monoisotopic (exact) mass is 373 g/mol. The predicted octanol–water partition coefficient (Wildman–Crippen LogP) is 3.35. The summed E-state index contributed by atoms with van der Waals surface area (Å²) in [6.07, 6.45) is 1.48. The molecule has 27 heavy (non-hydrogen) atoms. The Balaban J connectivity index is 1.62. The summed E-state index contributed by atoms with van der Waals surface area (Å²) in [6, 6.07) is 12.4. The van der Waals surface area contributed by atoms with Crippen LogP contribution in [0.4, 0.5) is 14.5 Å². The molecule has 1 aliphatic rings. The Bertz CT molecular complexity index is 789. The van der Waals surface area contributed by atoms with Gasteiger partial charge in [-0.1, -0.05) is 24.3 Å². The van der Waals surface area contributed by atoms with Gasteiger partial charge in [0.15, 0.2) is 0 Å². The van der Waals surface area contributed by atoms with E-state index in [4.69, 9.17) is 0 Å². The molecule has 4 nitrogen and oxygen atoms in total. The second-order valence-electron chi connectivity index (χ2n) is 7.14. The first-order valence-corrected chi connectivity index (χ1v) is 9.17. The van der Waals surface area contributed by atoms with E-state index in [-0.39, 0.29) is 23.6 Å². The fourth-order valence-corrected chi connectivity index (χ4v) is 3.61. The minimum Gasteiger partial charge on any atom is -0.369 e. The van der Waals surface area contributed by atoms with Gasteiger partial charge in [0.1, 0.15) is 17.7 Å². The van der Waals surface area contributed by atoms with Crippen LogP contribution in [0.15, 0.2) is 48.5 Å². The maximum absolute atomic E-state index is 13.9. The summed E-state index contributed by atoms with van der Waals surface area (Å²) in [7, 11) is 3.60. The van der Waals surface area contributed by atoms with E-state index in [1.807, 2.05) is 11.0 Å². The number of hydrogen-bond acceptors (Lipinski definition) is 3. The van der Waals surface area contributed by atoms with Gasteiger partial charge in [0.05, 0.1) is 5.69 Å². The van der Waals surface area contributed by atoms with Gasteiger partial charge in [-0.15, -0.1) is 0 Å². The molecule has 0 radical (unpaired) electrons. The minimum absolute atomic E-state index is 0.0246. The molecule has 1 atom stereocenters. The zero-order chi connectivity index (χ0) is 19.4. The van der Waals surface area contributed by atoms with Gasteiger partial charge in [-0.2, -0.15) is 0 Å². The van der Waals surface area contributed by atoms with Gasteiger partial charge in [0.2, 0.25) is 5.91 Å². The number of para-hydroxylation sites is 1. The normalized spacial score (nSPS) is 16.4. The van der Waals surface area contributed by atoms with Gasteiger partial charge in [-0.05, 0) is 56.8 Å². The number of halogens is 2. The molecular formula is C21H25F2N3O. The van der Waals surface area contributed by atoms with Crippen LogP contribution in [-0.4, -0.2) is 44.0 Å². The van der Waals surface area contributed by atoms with Gasteiger partial charge in [-0.3, -0.25) is 9.69 Å². The molecule has 0 unspecified atom stereocenters. The van der Waals surface area contributed by atoms with Crippen molar-refractivity contribution in [1.82, 2.24) is 10.2 Å². The van der Waals surface area contributed by atoms with Crippen LogP contribution in [-0.2, 0) is 4.79 Å². The van der Waals surface area contributed by atoms with Crippen molar-refractivity contribution >= 4 is 11.6 Å². The molecule has 1 heterocycles. The van der Waals surface area contributed by atoms with Crippen molar-refractivity contribution in [3.63, 3.8) is 0 Å². The van der Waals surface area contributed by atoms with E-state index in [0.717, 1.165) is 12.8 Å². The van der Waals surface area contributed by atoms with Crippen molar-refractivity contribution in [1.29, 1.82) is 0 Å². The lowest BCUT2D eigenvalue weighted by atomic mass is 10.0. The molecule has 1 aliphatic heterocycles. The number of carbonyl (C=O) groups excluding carboxylic acids is 1. The van der Waals surface area contributed by atoms with Crippen LogP contribution in [0.1, 0.15) is 24.4 Å². The smallest absolute Gasteiger partial charge is 0.242 e. The maximum atomic E-state index is 13.9. The number of rotatable bonds is 5. The van der Waals surface area contributed by atoms with Crippen LogP contribution in [0.3, 0.4) is 0 Å². The highest BCUT2D eigenvalue weighted by molar-refractivity contribution is 5.83. The molecule has 0 saturated carbocycles. The third kappa shape index (κ3) is 4.63. The van der Waals surface area contributed by atoms with Gasteiger partial charge in [0, 0.05) is 19.1 Å². The lowest BCUT2D eigenvalue weighted by Crippen LogP contribution is -2.48. The lowest BCUT2D eigenvalue weighted by molar-refractivity contribution is -0.126. The third-order valence-corrected chi connectivity index (χ3v) is 4.96. The van der Waals surface area contributed by atoms with Crippen LogP contribution in [0, 0.1) is 11.6 Å². The Kier molecular flexibility index (Phi) is 6.06. The average Bonchev–Trinajstić information content (AvgIpc) is 2.63. The number of anilines is 1. The van der Waals surface area contributed by atoms with E-state index in [9.17, 15) is 13.6 Å². The molecule has 1 amide bonds. The van der Waals surface area contributed by atoms with Crippen molar-refractivity contribution < 1.29 is 13.6 Å². The fraction of sp³-hybridized carbons (Fsp3) is 0.381. The Labute approximate surface area is 158 Å². The zero-order valence-electron chi connectivity index (χ0n) is 15.7. The molecule has 2 aromatic carbocycles. The number of likely N-dealkylation sites (N-methyl/N-ethyl adjacent to an activating group) is 1. The number of benzene rings is 2. The predicted molar refractivity (Wildman–Crippen MR) is 103 cm³/mol. The van der Waals surface area contributed by atoms with Crippen LogP contribution in [0.25, 0.3) is 0 Å². The molecule has 1 fully saturated rings. The van der Waals surface area contributed by atoms with Gasteiger partial charge in [0.25, 0.3) is 0 Å². The molecule has 3 rings (SSSR count). The number of hydrogen-bond donors (Lipinski definition) is 1. The van der Waals surface area contributed by atoms with Crippen molar-refractivity contribution in [2.75, 3.05) is 32.1 Å². The first-order chi connectivity index (χ1) is 13.0. The summed E-state index contributed by atoms with van der Waals surface area (Å²) in [5.41, 5.74) is 1.23. The number of nitrogens with zero attached hydrogens (tertiary/aromatic N) is 2. The van der Waals surface area contributed by atoms with Crippen molar-refractivity contribution in [3.05, 3.63) is 65.7 Å². The zero-order valence-corrected chi connectivity index (χ0v) is 15.7. The fourth-order valence-electron chi connectivity index (χ4n) is 3.61.